The van der Waals surface area contributed by atoms with Crippen molar-refractivity contribution in [3.05, 3.63) is 34.2 Å². The van der Waals surface area contributed by atoms with Gasteiger partial charge < -0.3 is 14.8 Å². The number of amides is 1. The second-order valence-electron chi connectivity index (χ2n) is 6.09. The van der Waals surface area contributed by atoms with Crippen molar-refractivity contribution in [2.45, 2.75) is 26.3 Å². The standard InChI is InChI=1S/C18H20ClNO5S/c1-10(2)8-12(17(22)24-3)20-14(21)9-25-18(23)16-15(19)11-6-4-5-7-13(11)26-16/h4-7,10,12H,8-9H2,1-3H3,(H,20,21)/t12-/m1/s1. The van der Waals surface area contributed by atoms with Crippen molar-refractivity contribution < 1.29 is 23.9 Å². The van der Waals surface area contributed by atoms with E-state index in [1.807, 2.05) is 38.1 Å². The molecule has 6 nitrogen and oxygen atoms in total. The summed E-state index contributed by atoms with van der Waals surface area (Å²) < 4.78 is 10.6. The molecule has 1 aromatic heterocycles. The Balaban J connectivity index is 1.98. The lowest BCUT2D eigenvalue weighted by Gasteiger charge is -2.18. The maximum atomic E-state index is 12.2. The number of nitrogens with one attached hydrogen (secondary N) is 1. The molecule has 0 saturated carbocycles. The number of carbonyl (C=O) groups excluding carboxylic acids is 3. The van der Waals surface area contributed by atoms with Crippen LogP contribution in [0.1, 0.15) is 29.9 Å². The van der Waals surface area contributed by atoms with Crippen LogP contribution in [0.2, 0.25) is 5.02 Å². The minimum atomic E-state index is -0.779. The predicted octanol–water partition coefficient (Wildman–Crippen LogP) is 3.42. The van der Waals surface area contributed by atoms with Crippen molar-refractivity contribution in [1.29, 1.82) is 0 Å². The first-order chi connectivity index (χ1) is 12.3. The summed E-state index contributed by atoms with van der Waals surface area (Å²) in [4.78, 5) is 36.2. The van der Waals surface area contributed by atoms with Gasteiger partial charge in [-0.1, -0.05) is 43.6 Å². The molecule has 0 spiro atoms. The molecule has 1 aromatic carbocycles. The molecule has 1 amide bonds. The average Bonchev–Trinajstić information content (AvgIpc) is 2.95. The van der Waals surface area contributed by atoms with Crippen LogP contribution in [0.3, 0.4) is 0 Å². The average molecular weight is 398 g/mol. The molecule has 0 radical (unpaired) electrons. The Kier molecular flexibility index (Phi) is 6.99. The number of benzene rings is 1. The van der Waals surface area contributed by atoms with Crippen molar-refractivity contribution >= 4 is 50.9 Å². The van der Waals surface area contributed by atoms with Crippen molar-refractivity contribution in [2.75, 3.05) is 13.7 Å². The van der Waals surface area contributed by atoms with Crippen molar-refractivity contribution in [1.82, 2.24) is 5.32 Å². The normalized spacial score (nSPS) is 12.0. The number of ether oxygens (including phenoxy) is 2. The van der Waals surface area contributed by atoms with Gasteiger partial charge in [-0.3, -0.25) is 4.79 Å². The van der Waals surface area contributed by atoms with Crippen LogP contribution in [0.5, 0.6) is 0 Å². The molecule has 1 heterocycles. The van der Waals surface area contributed by atoms with E-state index >= 15 is 0 Å². The van der Waals surface area contributed by atoms with Gasteiger partial charge in [0.25, 0.3) is 5.91 Å². The number of methoxy groups -OCH3 is 1. The first-order valence-corrected chi connectivity index (χ1v) is 9.24. The lowest BCUT2D eigenvalue weighted by Crippen LogP contribution is -2.44. The Morgan fingerprint density at radius 2 is 1.92 bits per heavy atom. The molecule has 26 heavy (non-hydrogen) atoms. The van der Waals surface area contributed by atoms with Crippen LogP contribution in [0.25, 0.3) is 10.1 Å². The zero-order valence-corrected chi connectivity index (χ0v) is 16.3. The highest BCUT2D eigenvalue weighted by Gasteiger charge is 2.24. The number of hydrogen-bond donors (Lipinski definition) is 1. The second kappa shape index (κ2) is 9.00. The smallest absolute Gasteiger partial charge is 0.350 e. The summed E-state index contributed by atoms with van der Waals surface area (Å²) >= 11 is 7.42. The Morgan fingerprint density at radius 1 is 1.23 bits per heavy atom. The molecule has 0 saturated heterocycles. The van der Waals surface area contributed by atoms with Crippen molar-refractivity contribution in [2.24, 2.45) is 5.92 Å². The van der Waals surface area contributed by atoms with Gasteiger partial charge in [0.1, 0.15) is 10.9 Å². The van der Waals surface area contributed by atoms with E-state index in [1.54, 1.807) is 0 Å². The van der Waals surface area contributed by atoms with Crippen LogP contribution in [-0.2, 0) is 19.1 Å². The van der Waals surface area contributed by atoms with E-state index in [4.69, 9.17) is 16.3 Å². The minimum absolute atomic E-state index is 0.180. The van der Waals surface area contributed by atoms with E-state index < -0.39 is 30.5 Å². The second-order valence-corrected chi connectivity index (χ2v) is 7.52. The monoisotopic (exact) mass is 397 g/mol. The fraction of sp³-hybridized carbons (Fsp3) is 0.389. The summed E-state index contributed by atoms with van der Waals surface area (Å²) in [7, 11) is 1.26. The third kappa shape index (κ3) is 4.95. The lowest BCUT2D eigenvalue weighted by molar-refractivity contribution is -0.145. The van der Waals surface area contributed by atoms with Gasteiger partial charge in [-0.15, -0.1) is 11.3 Å². The Morgan fingerprint density at radius 3 is 2.54 bits per heavy atom. The van der Waals surface area contributed by atoms with Crippen LogP contribution < -0.4 is 5.32 Å². The topological polar surface area (TPSA) is 81.7 Å². The fourth-order valence-electron chi connectivity index (χ4n) is 2.41. The Labute approximate surface area is 160 Å². The van der Waals surface area contributed by atoms with E-state index in [9.17, 15) is 14.4 Å². The van der Waals surface area contributed by atoms with Gasteiger partial charge in [0, 0.05) is 10.1 Å². The molecule has 0 aliphatic heterocycles. The zero-order chi connectivity index (χ0) is 19.3. The van der Waals surface area contributed by atoms with Crippen LogP contribution in [0.15, 0.2) is 24.3 Å². The van der Waals surface area contributed by atoms with E-state index in [0.29, 0.717) is 11.4 Å². The van der Waals surface area contributed by atoms with E-state index in [2.05, 4.69) is 10.1 Å². The molecule has 140 valence electrons. The SMILES string of the molecule is COC(=O)[C@@H](CC(C)C)NC(=O)COC(=O)c1sc2ccccc2c1Cl. The first kappa shape index (κ1) is 20.2. The van der Waals surface area contributed by atoms with Crippen LogP contribution >= 0.6 is 22.9 Å². The number of carbonyl (C=O) groups is 3. The van der Waals surface area contributed by atoms with Crippen LogP contribution in [0, 0.1) is 5.92 Å². The number of esters is 2. The lowest BCUT2D eigenvalue weighted by atomic mass is 10.0. The third-order valence-electron chi connectivity index (χ3n) is 3.58. The van der Waals surface area contributed by atoms with Crippen molar-refractivity contribution in [3.63, 3.8) is 0 Å². The van der Waals surface area contributed by atoms with Gasteiger partial charge in [0.05, 0.1) is 12.1 Å². The summed E-state index contributed by atoms with van der Waals surface area (Å²) in [5.41, 5.74) is 0. The van der Waals surface area contributed by atoms with Gasteiger partial charge in [-0.05, 0) is 18.4 Å². The number of rotatable bonds is 7. The molecule has 0 bridgehead atoms. The summed E-state index contributed by atoms with van der Waals surface area (Å²) in [5.74, 6) is -1.61. The Hall–Kier alpha value is -2.12. The van der Waals surface area contributed by atoms with Crippen LogP contribution in [0.4, 0.5) is 0 Å². The van der Waals surface area contributed by atoms with E-state index in [1.165, 1.54) is 18.4 Å². The van der Waals surface area contributed by atoms with Crippen LogP contribution in [-0.4, -0.2) is 37.6 Å². The maximum Gasteiger partial charge on any atom is 0.350 e. The summed E-state index contributed by atoms with van der Waals surface area (Å²) in [5, 5.41) is 3.60. The van der Waals surface area contributed by atoms with Gasteiger partial charge in [0.15, 0.2) is 6.61 Å². The van der Waals surface area contributed by atoms with Crippen molar-refractivity contribution in [3.8, 4) is 0 Å². The highest BCUT2D eigenvalue weighted by atomic mass is 35.5. The number of halogens is 1. The predicted molar refractivity (Wildman–Crippen MR) is 101 cm³/mol. The third-order valence-corrected chi connectivity index (χ3v) is 5.24. The molecule has 0 unspecified atom stereocenters. The molecule has 0 aliphatic carbocycles. The molecule has 1 N–H and O–H groups in total. The fourth-order valence-corrected chi connectivity index (χ4v) is 3.81. The van der Waals surface area contributed by atoms with E-state index in [0.717, 1.165) is 10.1 Å². The van der Waals surface area contributed by atoms with Gasteiger partial charge in [0.2, 0.25) is 0 Å². The zero-order valence-electron chi connectivity index (χ0n) is 14.7. The van der Waals surface area contributed by atoms with E-state index in [-0.39, 0.29) is 10.8 Å². The molecule has 0 aliphatic rings. The quantitative estimate of drug-likeness (QED) is 0.724. The molecule has 0 fully saturated rings. The largest absolute Gasteiger partial charge is 0.467 e. The first-order valence-electron chi connectivity index (χ1n) is 8.04. The molecule has 2 rings (SSSR count). The molecule has 8 heteroatoms. The molecular weight excluding hydrogens is 378 g/mol. The maximum absolute atomic E-state index is 12.2. The van der Waals surface area contributed by atoms with Gasteiger partial charge in [-0.25, -0.2) is 9.59 Å². The number of fused-ring (bicyclic) bond motifs is 1. The Bertz CT molecular complexity index is 817. The number of hydrogen-bond acceptors (Lipinski definition) is 6. The highest BCUT2D eigenvalue weighted by Crippen LogP contribution is 2.35. The molecule has 2 aromatic rings. The minimum Gasteiger partial charge on any atom is -0.467 e. The summed E-state index contributed by atoms with van der Waals surface area (Å²) in [6.45, 7) is 3.34. The van der Waals surface area contributed by atoms with Gasteiger partial charge in [-0.2, -0.15) is 0 Å². The number of thiophene rings is 1. The molecule has 1 atom stereocenters. The molecular formula is C18H20ClNO5S. The summed E-state index contributed by atoms with van der Waals surface area (Å²) in [6, 6.07) is 6.55. The summed E-state index contributed by atoms with van der Waals surface area (Å²) in [6.07, 6.45) is 0.425. The highest BCUT2D eigenvalue weighted by molar-refractivity contribution is 7.21. The van der Waals surface area contributed by atoms with Gasteiger partial charge >= 0.3 is 11.9 Å².